The van der Waals surface area contributed by atoms with E-state index < -0.39 is 0 Å². The Morgan fingerprint density at radius 3 is 2.75 bits per heavy atom. The van der Waals surface area contributed by atoms with Crippen LogP contribution in [0.2, 0.25) is 0 Å². The second-order valence-electron chi connectivity index (χ2n) is 5.51. The lowest BCUT2D eigenvalue weighted by atomic mass is 10.0. The smallest absolute Gasteiger partial charge is 0.115 e. The molecule has 0 aromatic heterocycles. The van der Waals surface area contributed by atoms with Crippen molar-refractivity contribution in [1.29, 1.82) is 0 Å². The van der Waals surface area contributed by atoms with Gasteiger partial charge in [0.1, 0.15) is 5.75 Å². The van der Waals surface area contributed by atoms with Gasteiger partial charge in [0.2, 0.25) is 0 Å². The summed E-state index contributed by atoms with van der Waals surface area (Å²) in [7, 11) is 0. The molecule has 1 atom stereocenters. The summed E-state index contributed by atoms with van der Waals surface area (Å²) < 4.78 is 0. The van der Waals surface area contributed by atoms with Crippen molar-refractivity contribution in [1.82, 2.24) is 0 Å². The molecular weight excluding hydrogens is 246 g/mol. The normalized spacial score (nSPS) is 17.0. The summed E-state index contributed by atoms with van der Waals surface area (Å²) in [5, 5.41) is 9.63. The number of para-hydroxylation sites is 1. The summed E-state index contributed by atoms with van der Waals surface area (Å²) in [4.78, 5) is 2.48. The van der Waals surface area contributed by atoms with E-state index in [1.165, 1.54) is 22.4 Å². The maximum Gasteiger partial charge on any atom is 0.115 e. The van der Waals surface area contributed by atoms with Crippen molar-refractivity contribution in [3.8, 4) is 5.75 Å². The Morgan fingerprint density at radius 1 is 1.20 bits per heavy atom. The molecule has 2 aromatic rings. The van der Waals surface area contributed by atoms with Gasteiger partial charge in [-0.25, -0.2) is 0 Å². The van der Waals surface area contributed by atoms with Crippen LogP contribution in [0.5, 0.6) is 5.75 Å². The first-order chi connectivity index (χ1) is 9.70. The highest BCUT2D eigenvalue weighted by molar-refractivity contribution is 5.56. The van der Waals surface area contributed by atoms with Gasteiger partial charge in [0.25, 0.3) is 0 Å². The fraction of sp³-hybridized carbons (Fsp3) is 0.333. The van der Waals surface area contributed by atoms with Gasteiger partial charge in [-0.1, -0.05) is 24.3 Å². The minimum atomic E-state index is 0.378. The number of hydrogen-bond acceptors (Lipinski definition) is 2. The number of aromatic hydroxyl groups is 1. The Morgan fingerprint density at radius 2 is 2.00 bits per heavy atom. The van der Waals surface area contributed by atoms with Crippen LogP contribution < -0.4 is 4.90 Å². The Labute approximate surface area is 120 Å². The Bertz CT molecular complexity index is 621. The van der Waals surface area contributed by atoms with Gasteiger partial charge in [0, 0.05) is 12.2 Å². The lowest BCUT2D eigenvalue weighted by Gasteiger charge is -2.32. The molecule has 2 nitrogen and oxygen atoms in total. The van der Waals surface area contributed by atoms with Gasteiger partial charge in [-0.15, -0.1) is 0 Å². The molecule has 2 aromatic carbocycles. The Balaban J connectivity index is 1.99. The van der Waals surface area contributed by atoms with E-state index >= 15 is 0 Å². The van der Waals surface area contributed by atoms with Crippen LogP contribution >= 0.6 is 0 Å². The highest BCUT2D eigenvalue weighted by Gasteiger charge is 2.28. The molecule has 20 heavy (non-hydrogen) atoms. The monoisotopic (exact) mass is 267 g/mol. The van der Waals surface area contributed by atoms with Crippen LogP contribution in [0.3, 0.4) is 0 Å². The van der Waals surface area contributed by atoms with Gasteiger partial charge in [-0.05, 0) is 61.6 Å². The van der Waals surface area contributed by atoms with E-state index in [2.05, 4.69) is 49.1 Å². The van der Waals surface area contributed by atoms with E-state index in [0.29, 0.717) is 11.8 Å². The predicted molar refractivity (Wildman–Crippen MR) is 83.4 cm³/mol. The SMILES string of the molecule is CCN(c1ccccc1C)C1CCc2cc(O)ccc21. The first kappa shape index (κ1) is 13.0. The molecule has 3 rings (SSSR count). The number of anilines is 1. The molecule has 1 N–H and O–H groups in total. The van der Waals surface area contributed by atoms with Crippen LogP contribution in [-0.4, -0.2) is 11.7 Å². The topological polar surface area (TPSA) is 23.5 Å². The molecule has 0 radical (unpaired) electrons. The molecule has 1 unspecified atom stereocenters. The average Bonchev–Trinajstić information content (AvgIpc) is 2.85. The Kier molecular flexibility index (Phi) is 3.39. The predicted octanol–water partition coefficient (Wildman–Crippen LogP) is 4.21. The van der Waals surface area contributed by atoms with Crippen LogP contribution in [0.1, 0.15) is 36.1 Å². The molecule has 0 aliphatic heterocycles. The Hall–Kier alpha value is -1.96. The molecule has 0 heterocycles. The highest BCUT2D eigenvalue weighted by atomic mass is 16.3. The lowest BCUT2D eigenvalue weighted by molar-refractivity contribution is 0.474. The quantitative estimate of drug-likeness (QED) is 0.900. The fourth-order valence-corrected chi connectivity index (χ4v) is 3.35. The minimum Gasteiger partial charge on any atom is -0.508 e. The number of phenolic OH excluding ortho intramolecular Hbond substituents is 1. The van der Waals surface area contributed by atoms with Gasteiger partial charge in [0.15, 0.2) is 0 Å². The second kappa shape index (κ2) is 5.20. The molecule has 0 saturated carbocycles. The zero-order valence-electron chi connectivity index (χ0n) is 12.1. The number of rotatable bonds is 3. The first-order valence-corrected chi connectivity index (χ1v) is 7.34. The van der Waals surface area contributed by atoms with Crippen molar-refractivity contribution in [2.75, 3.05) is 11.4 Å². The van der Waals surface area contributed by atoms with Crippen molar-refractivity contribution in [3.05, 3.63) is 59.2 Å². The summed E-state index contributed by atoms with van der Waals surface area (Å²) in [6.07, 6.45) is 2.18. The molecule has 0 saturated heterocycles. The third kappa shape index (κ3) is 2.15. The third-order valence-corrected chi connectivity index (χ3v) is 4.31. The molecule has 1 aliphatic rings. The van der Waals surface area contributed by atoms with Gasteiger partial charge in [-0.2, -0.15) is 0 Å². The maximum absolute atomic E-state index is 9.63. The van der Waals surface area contributed by atoms with Crippen molar-refractivity contribution in [3.63, 3.8) is 0 Å². The first-order valence-electron chi connectivity index (χ1n) is 7.34. The number of phenols is 1. The minimum absolute atomic E-state index is 0.378. The van der Waals surface area contributed by atoms with Crippen molar-refractivity contribution >= 4 is 5.69 Å². The zero-order valence-corrected chi connectivity index (χ0v) is 12.1. The van der Waals surface area contributed by atoms with Crippen molar-refractivity contribution in [2.24, 2.45) is 0 Å². The number of nitrogens with zero attached hydrogens (tertiary/aromatic N) is 1. The molecule has 0 bridgehead atoms. The van der Waals surface area contributed by atoms with E-state index in [-0.39, 0.29) is 0 Å². The number of hydrogen-bond donors (Lipinski definition) is 1. The third-order valence-electron chi connectivity index (χ3n) is 4.31. The van der Waals surface area contributed by atoms with E-state index in [9.17, 15) is 5.11 Å². The molecule has 104 valence electrons. The number of benzene rings is 2. The van der Waals surface area contributed by atoms with Gasteiger partial charge in [0.05, 0.1) is 6.04 Å². The summed E-state index contributed by atoms with van der Waals surface area (Å²) >= 11 is 0. The van der Waals surface area contributed by atoms with Crippen molar-refractivity contribution in [2.45, 2.75) is 32.7 Å². The van der Waals surface area contributed by atoms with Crippen LogP contribution in [0.4, 0.5) is 5.69 Å². The average molecular weight is 267 g/mol. The number of fused-ring (bicyclic) bond motifs is 1. The molecule has 2 heteroatoms. The highest BCUT2D eigenvalue weighted by Crippen LogP contribution is 2.40. The fourth-order valence-electron chi connectivity index (χ4n) is 3.35. The second-order valence-corrected chi connectivity index (χ2v) is 5.51. The maximum atomic E-state index is 9.63. The lowest BCUT2D eigenvalue weighted by Crippen LogP contribution is -2.27. The van der Waals surface area contributed by atoms with E-state index in [1.807, 2.05) is 12.1 Å². The van der Waals surface area contributed by atoms with Gasteiger partial charge < -0.3 is 10.0 Å². The number of aryl methyl sites for hydroxylation is 2. The molecule has 0 fully saturated rings. The van der Waals surface area contributed by atoms with Gasteiger partial charge in [-0.3, -0.25) is 0 Å². The van der Waals surface area contributed by atoms with E-state index in [1.54, 1.807) is 0 Å². The van der Waals surface area contributed by atoms with Crippen LogP contribution in [0.15, 0.2) is 42.5 Å². The van der Waals surface area contributed by atoms with E-state index in [0.717, 1.165) is 19.4 Å². The molecule has 0 amide bonds. The largest absolute Gasteiger partial charge is 0.508 e. The summed E-state index contributed by atoms with van der Waals surface area (Å²) in [5.41, 5.74) is 5.30. The van der Waals surface area contributed by atoms with E-state index in [4.69, 9.17) is 0 Å². The molecular formula is C18H21NO. The van der Waals surface area contributed by atoms with Crippen molar-refractivity contribution < 1.29 is 5.11 Å². The zero-order chi connectivity index (χ0) is 14.1. The molecule has 0 spiro atoms. The standard InChI is InChI=1S/C18H21NO/c1-3-19(17-7-5-4-6-13(17)2)18-11-8-14-12-15(20)9-10-16(14)18/h4-7,9-10,12,18,20H,3,8,11H2,1-2H3. The van der Waals surface area contributed by atoms with Crippen LogP contribution in [-0.2, 0) is 6.42 Å². The molecule has 1 aliphatic carbocycles. The van der Waals surface area contributed by atoms with Gasteiger partial charge >= 0.3 is 0 Å². The summed E-state index contributed by atoms with van der Waals surface area (Å²) in [5.74, 6) is 0.378. The van der Waals surface area contributed by atoms with Crippen LogP contribution in [0.25, 0.3) is 0 Å². The summed E-state index contributed by atoms with van der Waals surface area (Å²) in [6.45, 7) is 5.38. The summed E-state index contributed by atoms with van der Waals surface area (Å²) in [6, 6.07) is 14.8. The van der Waals surface area contributed by atoms with Crippen LogP contribution in [0, 0.1) is 6.92 Å².